The maximum atomic E-state index is 4.56. The molecule has 0 N–H and O–H groups in total. The summed E-state index contributed by atoms with van der Waals surface area (Å²) in [4.78, 5) is 9.19. The van der Waals surface area contributed by atoms with Gasteiger partial charge in [0, 0.05) is 33.5 Å². The lowest BCUT2D eigenvalue weighted by atomic mass is 9.98. The minimum Gasteiger partial charge on any atom is -0.311 e. The Kier molecular flexibility index (Phi) is 8.05. The molecule has 8 aromatic carbocycles. The first-order chi connectivity index (χ1) is 26.7. The van der Waals surface area contributed by atoms with Crippen molar-refractivity contribution in [3.8, 4) is 43.8 Å². The second-order valence-corrected chi connectivity index (χ2v) is 14.7. The van der Waals surface area contributed by atoms with E-state index in [4.69, 9.17) is 0 Å². The molecule has 0 aliphatic rings. The highest BCUT2D eigenvalue weighted by atomic mass is 32.1. The number of hydrogen-bond acceptors (Lipinski definition) is 3. The van der Waals surface area contributed by atoms with Crippen molar-refractivity contribution in [3.63, 3.8) is 0 Å². The van der Waals surface area contributed by atoms with Gasteiger partial charge in [0.1, 0.15) is 4.83 Å². The molecule has 2 aromatic heterocycles. The first kappa shape index (κ1) is 31.9. The number of nitrogens with zero attached hydrogens (tertiary/aromatic N) is 2. The normalized spacial score (nSPS) is 11.3. The molecule has 0 amide bonds. The Hall–Kier alpha value is -6.81. The molecule has 0 saturated carbocycles. The Balaban J connectivity index is 0.975. The van der Waals surface area contributed by atoms with Crippen molar-refractivity contribution < 1.29 is 0 Å². The van der Waals surface area contributed by atoms with Crippen LogP contribution in [0.15, 0.2) is 206 Å². The Morgan fingerprint density at radius 3 is 1.19 bits per heavy atom. The van der Waals surface area contributed by atoms with E-state index in [2.05, 4.69) is 204 Å². The van der Waals surface area contributed by atoms with E-state index in [1.165, 1.54) is 70.8 Å². The van der Waals surface area contributed by atoms with Crippen LogP contribution < -0.4 is 4.90 Å². The van der Waals surface area contributed by atoms with E-state index in [1.807, 2.05) is 12.3 Å². The second-order valence-electron chi connectivity index (χ2n) is 13.7. The van der Waals surface area contributed by atoms with Gasteiger partial charge in [-0.05, 0) is 121 Å². The smallest absolute Gasteiger partial charge is 0.123 e. The van der Waals surface area contributed by atoms with Crippen molar-refractivity contribution in [3.05, 3.63) is 206 Å². The molecular formula is C51H34N2S. The summed E-state index contributed by atoms with van der Waals surface area (Å²) in [5.41, 5.74) is 11.7. The SMILES string of the molecule is c1ccc2cc(-c3ccc(-c4ccc(N(c5ccc(-c6ccc7ccccc7c6)cc5)c5ccc(-c6cc7cccnc7s6)cc5)cc4)cc3)ccc2c1. The standard InChI is InChI=1S/C51H34N2S/c1-3-8-42-32-44(17-15-35(42)6-1)39-13-11-37(12-14-39)38-19-25-47(26-20-38)53(49-29-23-41(24-30-49)50-34-46-10-5-31-52-51(46)54-50)48-27-21-40(22-28-48)45-18-16-36-7-2-4-9-43(36)33-45/h1-34H. The summed E-state index contributed by atoms with van der Waals surface area (Å²) in [6.45, 7) is 0. The van der Waals surface area contributed by atoms with Crippen molar-refractivity contribution in [2.75, 3.05) is 4.90 Å². The second kappa shape index (κ2) is 13.6. The summed E-state index contributed by atoms with van der Waals surface area (Å²) in [6, 6.07) is 72.5. The number of anilines is 3. The van der Waals surface area contributed by atoms with Crippen LogP contribution in [-0.2, 0) is 0 Å². The van der Waals surface area contributed by atoms with Crippen LogP contribution in [0.5, 0.6) is 0 Å². The lowest BCUT2D eigenvalue weighted by Crippen LogP contribution is -2.09. The zero-order valence-electron chi connectivity index (χ0n) is 29.4. The summed E-state index contributed by atoms with van der Waals surface area (Å²) in [6.07, 6.45) is 1.86. The van der Waals surface area contributed by atoms with E-state index in [0.29, 0.717) is 0 Å². The van der Waals surface area contributed by atoms with Gasteiger partial charge in [-0.3, -0.25) is 0 Å². The first-order valence-electron chi connectivity index (χ1n) is 18.3. The summed E-state index contributed by atoms with van der Waals surface area (Å²) in [5, 5.41) is 6.20. The van der Waals surface area contributed by atoms with Crippen LogP contribution in [0.3, 0.4) is 0 Å². The lowest BCUT2D eigenvalue weighted by molar-refractivity contribution is 1.28. The average molecular weight is 707 g/mol. The maximum absolute atomic E-state index is 4.56. The molecule has 0 aliphatic heterocycles. The van der Waals surface area contributed by atoms with Gasteiger partial charge in [0.15, 0.2) is 0 Å². The fourth-order valence-electron chi connectivity index (χ4n) is 7.44. The molecule has 0 radical (unpaired) electrons. The molecule has 10 rings (SSSR count). The molecule has 0 atom stereocenters. The molecule has 0 bridgehead atoms. The van der Waals surface area contributed by atoms with E-state index in [0.717, 1.165) is 21.9 Å². The number of fused-ring (bicyclic) bond motifs is 3. The van der Waals surface area contributed by atoms with E-state index < -0.39 is 0 Å². The molecule has 0 aliphatic carbocycles. The van der Waals surface area contributed by atoms with Gasteiger partial charge < -0.3 is 4.90 Å². The average Bonchev–Trinajstić information content (AvgIpc) is 3.69. The van der Waals surface area contributed by atoms with Crippen LogP contribution in [0.4, 0.5) is 17.1 Å². The zero-order chi connectivity index (χ0) is 35.8. The van der Waals surface area contributed by atoms with Gasteiger partial charge in [0.2, 0.25) is 0 Å². The van der Waals surface area contributed by atoms with Gasteiger partial charge in [0.05, 0.1) is 0 Å². The number of benzene rings is 8. The van der Waals surface area contributed by atoms with Gasteiger partial charge in [-0.2, -0.15) is 0 Å². The van der Waals surface area contributed by atoms with Crippen molar-refractivity contribution >= 4 is 60.2 Å². The third kappa shape index (κ3) is 6.11. The summed E-state index contributed by atoms with van der Waals surface area (Å²) in [7, 11) is 0. The molecule has 0 fully saturated rings. The van der Waals surface area contributed by atoms with Gasteiger partial charge >= 0.3 is 0 Å². The number of hydrogen-bond donors (Lipinski definition) is 0. The summed E-state index contributed by atoms with van der Waals surface area (Å²) in [5.74, 6) is 0. The molecule has 3 heteroatoms. The van der Waals surface area contributed by atoms with Crippen molar-refractivity contribution in [2.45, 2.75) is 0 Å². The fourth-order valence-corrected chi connectivity index (χ4v) is 8.44. The molecule has 2 nitrogen and oxygen atoms in total. The zero-order valence-corrected chi connectivity index (χ0v) is 30.2. The van der Waals surface area contributed by atoms with Gasteiger partial charge in [-0.1, -0.05) is 140 Å². The van der Waals surface area contributed by atoms with Crippen LogP contribution >= 0.6 is 11.3 Å². The fraction of sp³-hybridized carbons (Fsp3) is 0. The van der Waals surface area contributed by atoms with E-state index in [1.54, 1.807) is 11.3 Å². The number of rotatable bonds is 7. The van der Waals surface area contributed by atoms with Crippen LogP contribution in [0, 0.1) is 0 Å². The molecule has 0 spiro atoms. The third-order valence-corrected chi connectivity index (χ3v) is 11.4. The summed E-state index contributed by atoms with van der Waals surface area (Å²) >= 11 is 1.73. The number of pyridine rings is 1. The molecule has 254 valence electrons. The van der Waals surface area contributed by atoms with E-state index in [-0.39, 0.29) is 0 Å². The Morgan fingerprint density at radius 2 is 0.704 bits per heavy atom. The highest BCUT2D eigenvalue weighted by Crippen LogP contribution is 2.39. The van der Waals surface area contributed by atoms with Crippen molar-refractivity contribution in [1.29, 1.82) is 0 Å². The molecule has 10 aromatic rings. The van der Waals surface area contributed by atoms with Gasteiger partial charge in [-0.15, -0.1) is 11.3 Å². The van der Waals surface area contributed by atoms with E-state index in [9.17, 15) is 0 Å². The summed E-state index contributed by atoms with van der Waals surface area (Å²) < 4.78 is 0. The van der Waals surface area contributed by atoms with Crippen molar-refractivity contribution in [2.24, 2.45) is 0 Å². The van der Waals surface area contributed by atoms with Crippen LogP contribution in [-0.4, -0.2) is 4.98 Å². The third-order valence-electron chi connectivity index (χ3n) is 10.3. The van der Waals surface area contributed by atoms with Crippen molar-refractivity contribution in [1.82, 2.24) is 4.98 Å². The van der Waals surface area contributed by atoms with Gasteiger partial charge in [0.25, 0.3) is 0 Å². The highest BCUT2D eigenvalue weighted by Gasteiger charge is 2.15. The Bertz CT molecular complexity index is 2870. The predicted molar refractivity (Wildman–Crippen MR) is 231 cm³/mol. The first-order valence-corrected chi connectivity index (χ1v) is 19.1. The van der Waals surface area contributed by atoms with E-state index >= 15 is 0 Å². The van der Waals surface area contributed by atoms with Crippen LogP contribution in [0.25, 0.3) is 75.6 Å². The quantitative estimate of drug-likeness (QED) is 0.164. The molecule has 0 unspecified atom stereocenters. The number of thiophene rings is 1. The van der Waals surface area contributed by atoms with Gasteiger partial charge in [-0.25, -0.2) is 4.98 Å². The highest BCUT2D eigenvalue weighted by molar-refractivity contribution is 7.21. The predicted octanol–water partition coefficient (Wildman–Crippen LogP) is 14.7. The van der Waals surface area contributed by atoms with Crippen LogP contribution in [0.1, 0.15) is 0 Å². The largest absolute Gasteiger partial charge is 0.311 e. The lowest BCUT2D eigenvalue weighted by Gasteiger charge is -2.26. The minimum absolute atomic E-state index is 1.06. The molecule has 0 saturated heterocycles. The molecular weight excluding hydrogens is 673 g/mol. The van der Waals surface area contributed by atoms with Crippen LogP contribution in [0.2, 0.25) is 0 Å². The molecule has 54 heavy (non-hydrogen) atoms. The topological polar surface area (TPSA) is 16.1 Å². The maximum Gasteiger partial charge on any atom is 0.123 e. The number of aromatic nitrogens is 1. The Labute approximate surface area is 318 Å². The monoisotopic (exact) mass is 706 g/mol. The Morgan fingerprint density at radius 1 is 0.315 bits per heavy atom. The minimum atomic E-state index is 1.06. The molecule has 2 heterocycles.